The maximum absolute atomic E-state index is 12.3. The quantitative estimate of drug-likeness (QED) is 0.772. The summed E-state index contributed by atoms with van der Waals surface area (Å²) in [5, 5.41) is 3.30. The summed E-state index contributed by atoms with van der Waals surface area (Å²) in [7, 11) is 0. The van der Waals surface area contributed by atoms with Crippen molar-refractivity contribution in [3.63, 3.8) is 0 Å². The van der Waals surface area contributed by atoms with Crippen LogP contribution in [0.1, 0.15) is 71.1 Å². The Hall–Kier alpha value is -0.570. The molecule has 2 aliphatic rings. The molecule has 0 aromatic carbocycles. The standard InChI is InChI=1S/C16H30N2O/c1-12(17)13-8-10-14(11-9-13)16(19)18-15-6-4-2-3-5-7-15/h12-15H,2-11,17H2,1H3,(H,18,19). The molecule has 3 heteroatoms. The molecular weight excluding hydrogens is 236 g/mol. The highest BCUT2D eigenvalue weighted by Gasteiger charge is 2.28. The maximum Gasteiger partial charge on any atom is 0.223 e. The Balaban J connectivity index is 1.74. The van der Waals surface area contributed by atoms with Crippen molar-refractivity contribution in [2.24, 2.45) is 17.6 Å². The van der Waals surface area contributed by atoms with E-state index in [1.54, 1.807) is 0 Å². The highest BCUT2D eigenvalue weighted by molar-refractivity contribution is 5.79. The number of hydrogen-bond donors (Lipinski definition) is 2. The molecule has 2 aliphatic carbocycles. The lowest BCUT2D eigenvalue weighted by molar-refractivity contribution is -0.127. The lowest BCUT2D eigenvalue weighted by atomic mass is 9.78. The molecule has 2 fully saturated rings. The molecule has 19 heavy (non-hydrogen) atoms. The van der Waals surface area contributed by atoms with E-state index in [0.717, 1.165) is 25.7 Å². The number of nitrogens with two attached hydrogens (primary N) is 1. The van der Waals surface area contributed by atoms with Crippen LogP contribution in [-0.4, -0.2) is 18.0 Å². The molecular formula is C16H30N2O. The second kappa shape index (κ2) is 7.28. The first-order valence-electron chi connectivity index (χ1n) is 8.22. The fraction of sp³-hybridized carbons (Fsp3) is 0.938. The summed E-state index contributed by atoms with van der Waals surface area (Å²) in [4.78, 5) is 12.3. The van der Waals surface area contributed by atoms with Gasteiger partial charge in [-0.25, -0.2) is 0 Å². The van der Waals surface area contributed by atoms with Gasteiger partial charge in [-0.1, -0.05) is 25.7 Å². The first kappa shape index (κ1) is 14.8. The Morgan fingerprint density at radius 3 is 2.11 bits per heavy atom. The van der Waals surface area contributed by atoms with E-state index in [1.807, 2.05) is 0 Å². The maximum atomic E-state index is 12.3. The summed E-state index contributed by atoms with van der Waals surface area (Å²) in [6.07, 6.45) is 11.9. The second-order valence-corrected chi connectivity index (χ2v) is 6.67. The predicted molar refractivity (Wildman–Crippen MR) is 78.7 cm³/mol. The van der Waals surface area contributed by atoms with Crippen molar-refractivity contribution >= 4 is 5.91 Å². The van der Waals surface area contributed by atoms with Crippen molar-refractivity contribution < 1.29 is 4.79 Å². The molecule has 110 valence electrons. The molecule has 1 atom stereocenters. The third-order valence-electron chi connectivity index (χ3n) is 5.09. The molecule has 0 saturated heterocycles. The minimum Gasteiger partial charge on any atom is -0.353 e. The van der Waals surface area contributed by atoms with Crippen LogP contribution in [0.25, 0.3) is 0 Å². The zero-order valence-corrected chi connectivity index (χ0v) is 12.4. The summed E-state index contributed by atoms with van der Waals surface area (Å²) in [5.74, 6) is 1.19. The van der Waals surface area contributed by atoms with Crippen LogP contribution < -0.4 is 11.1 Å². The summed E-state index contributed by atoms with van der Waals surface area (Å²) >= 11 is 0. The van der Waals surface area contributed by atoms with Crippen molar-refractivity contribution in [3.05, 3.63) is 0 Å². The minimum atomic E-state index is 0.248. The van der Waals surface area contributed by atoms with Crippen molar-refractivity contribution in [1.82, 2.24) is 5.32 Å². The van der Waals surface area contributed by atoms with Gasteiger partial charge >= 0.3 is 0 Å². The third kappa shape index (κ3) is 4.48. The second-order valence-electron chi connectivity index (χ2n) is 6.67. The molecule has 0 spiro atoms. The Morgan fingerprint density at radius 2 is 1.58 bits per heavy atom. The minimum absolute atomic E-state index is 0.248. The molecule has 0 aromatic rings. The third-order valence-corrected chi connectivity index (χ3v) is 5.09. The molecule has 0 aromatic heterocycles. The molecule has 1 amide bonds. The van der Waals surface area contributed by atoms with Gasteiger partial charge in [-0.3, -0.25) is 4.79 Å². The first-order valence-corrected chi connectivity index (χ1v) is 8.22. The fourth-order valence-electron chi connectivity index (χ4n) is 3.65. The van der Waals surface area contributed by atoms with E-state index in [0.29, 0.717) is 17.9 Å². The van der Waals surface area contributed by atoms with E-state index in [1.165, 1.54) is 38.5 Å². The van der Waals surface area contributed by atoms with Gasteiger partial charge in [0.15, 0.2) is 0 Å². The molecule has 0 heterocycles. The van der Waals surface area contributed by atoms with E-state index < -0.39 is 0 Å². The molecule has 0 radical (unpaired) electrons. The summed E-state index contributed by atoms with van der Waals surface area (Å²) in [6, 6.07) is 0.729. The Labute approximate surface area is 117 Å². The van der Waals surface area contributed by atoms with Crippen molar-refractivity contribution in [2.75, 3.05) is 0 Å². The van der Waals surface area contributed by atoms with Gasteiger partial charge in [0.2, 0.25) is 5.91 Å². The van der Waals surface area contributed by atoms with Gasteiger partial charge in [0.25, 0.3) is 0 Å². The van der Waals surface area contributed by atoms with Crippen LogP contribution in [-0.2, 0) is 4.79 Å². The normalized spacial score (nSPS) is 31.5. The summed E-state index contributed by atoms with van der Waals surface area (Å²) < 4.78 is 0. The van der Waals surface area contributed by atoms with Crippen LogP contribution in [0.3, 0.4) is 0 Å². The lowest BCUT2D eigenvalue weighted by Gasteiger charge is -2.31. The van der Waals surface area contributed by atoms with E-state index in [2.05, 4.69) is 12.2 Å². The Kier molecular flexibility index (Phi) is 5.68. The molecule has 3 N–H and O–H groups in total. The highest BCUT2D eigenvalue weighted by atomic mass is 16.1. The number of amides is 1. The van der Waals surface area contributed by atoms with Gasteiger partial charge in [0.1, 0.15) is 0 Å². The van der Waals surface area contributed by atoms with Crippen LogP contribution in [0, 0.1) is 11.8 Å². The molecule has 1 unspecified atom stereocenters. The van der Waals surface area contributed by atoms with Crippen molar-refractivity contribution in [1.29, 1.82) is 0 Å². The fourth-order valence-corrected chi connectivity index (χ4v) is 3.65. The molecule has 3 nitrogen and oxygen atoms in total. The average Bonchev–Trinajstić information content (AvgIpc) is 2.67. The zero-order valence-electron chi connectivity index (χ0n) is 12.4. The molecule has 0 bridgehead atoms. The number of carbonyl (C=O) groups is 1. The van der Waals surface area contributed by atoms with Gasteiger partial charge < -0.3 is 11.1 Å². The number of nitrogens with one attached hydrogen (secondary N) is 1. The Morgan fingerprint density at radius 1 is 1.00 bits per heavy atom. The number of rotatable bonds is 3. The van der Waals surface area contributed by atoms with E-state index in [9.17, 15) is 4.79 Å². The van der Waals surface area contributed by atoms with Gasteiger partial charge in [0.05, 0.1) is 0 Å². The summed E-state index contributed by atoms with van der Waals surface area (Å²) in [6.45, 7) is 2.09. The monoisotopic (exact) mass is 266 g/mol. The first-order chi connectivity index (χ1) is 9.16. The number of carbonyl (C=O) groups excluding carboxylic acids is 1. The topological polar surface area (TPSA) is 55.1 Å². The van der Waals surface area contributed by atoms with Crippen LogP contribution in [0.15, 0.2) is 0 Å². The van der Waals surface area contributed by atoms with Crippen LogP contribution >= 0.6 is 0 Å². The average molecular weight is 266 g/mol. The molecule has 2 saturated carbocycles. The highest BCUT2D eigenvalue weighted by Crippen LogP contribution is 2.30. The molecule has 0 aliphatic heterocycles. The number of hydrogen-bond acceptors (Lipinski definition) is 2. The van der Waals surface area contributed by atoms with Gasteiger partial charge in [-0.15, -0.1) is 0 Å². The smallest absolute Gasteiger partial charge is 0.223 e. The van der Waals surface area contributed by atoms with Crippen LogP contribution in [0.2, 0.25) is 0 Å². The van der Waals surface area contributed by atoms with Crippen LogP contribution in [0.4, 0.5) is 0 Å². The largest absolute Gasteiger partial charge is 0.353 e. The van der Waals surface area contributed by atoms with Gasteiger partial charge in [-0.2, -0.15) is 0 Å². The van der Waals surface area contributed by atoms with Crippen molar-refractivity contribution in [3.8, 4) is 0 Å². The van der Waals surface area contributed by atoms with E-state index >= 15 is 0 Å². The lowest BCUT2D eigenvalue weighted by Crippen LogP contribution is -2.41. The van der Waals surface area contributed by atoms with E-state index in [-0.39, 0.29) is 12.0 Å². The summed E-state index contributed by atoms with van der Waals surface area (Å²) in [5.41, 5.74) is 5.95. The molecule has 2 rings (SSSR count). The van der Waals surface area contributed by atoms with Crippen molar-refractivity contribution in [2.45, 2.75) is 83.2 Å². The zero-order chi connectivity index (χ0) is 13.7. The van der Waals surface area contributed by atoms with Gasteiger partial charge in [0, 0.05) is 18.0 Å². The van der Waals surface area contributed by atoms with Crippen LogP contribution in [0.5, 0.6) is 0 Å². The SMILES string of the molecule is CC(N)C1CCC(C(=O)NC2CCCCCC2)CC1. The Bertz CT molecular complexity index is 274. The predicted octanol–water partition coefficient (Wildman–Crippen LogP) is 2.98. The van der Waals surface area contributed by atoms with Gasteiger partial charge in [-0.05, 0) is 51.4 Å². The van der Waals surface area contributed by atoms with E-state index in [4.69, 9.17) is 5.73 Å².